The molecule has 0 amide bonds. The molecule has 0 bridgehead atoms. The molecule has 4 heterocycles. The highest BCUT2D eigenvalue weighted by Gasteiger charge is 2.23. The number of fused-ring (bicyclic) bond motifs is 9. The van der Waals surface area contributed by atoms with Gasteiger partial charge in [-0.1, -0.05) is 145 Å². The van der Waals surface area contributed by atoms with Crippen molar-refractivity contribution in [1.82, 2.24) is 24.1 Å². The zero-order chi connectivity index (χ0) is 41.8. The molecule has 266 valence electrons. The van der Waals surface area contributed by atoms with Crippen LogP contribution in [-0.2, 0) is 0 Å². The highest BCUT2D eigenvalue weighted by atomic mass is 16.3. The Kier molecular flexibility index (Phi) is 5.82. The van der Waals surface area contributed by atoms with Crippen LogP contribution in [0.4, 0.5) is 0 Å². The Hall–Kier alpha value is -7.83. The second-order valence-electron chi connectivity index (χ2n) is 14.1. The minimum absolute atomic E-state index is 0.115. The molecule has 12 aromatic rings. The van der Waals surface area contributed by atoms with E-state index in [1.165, 1.54) is 0 Å². The standard InChI is InChI=1S/C51H31N5O/c1-3-15-32(16-4-1)34-27-28-39-38-21-9-13-25-44(38)56(45(39)30-34)51-53-49(52-50(54-51)55-42-23-11-7-19-36(42)37-20-8-12-24-43(37)55)41-29-35(33-17-5-2-6-18-33)31-47-48(41)40-22-10-14-26-46(40)57-47/h1-31H/i1D,3D,4D,15D,16D. The summed E-state index contributed by atoms with van der Waals surface area (Å²) in [6.45, 7) is 0. The predicted octanol–water partition coefficient (Wildman–Crippen LogP) is 13.0. The lowest BCUT2D eigenvalue weighted by Crippen LogP contribution is -2.10. The second-order valence-corrected chi connectivity index (χ2v) is 14.1. The summed E-state index contributed by atoms with van der Waals surface area (Å²) in [5.74, 6) is 1.16. The van der Waals surface area contributed by atoms with Crippen LogP contribution < -0.4 is 0 Å². The van der Waals surface area contributed by atoms with Crippen LogP contribution in [0.3, 0.4) is 0 Å². The maximum atomic E-state index is 8.84. The molecule has 0 fully saturated rings. The van der Waals surface area contributed by atoms with Crippen LogP contribution >= 0.6 is 0 Å². The molecule has 0 aliphatic rings. The van der Waals surface area contributed by atoms with Gasteiger partial charge in [0.25, 0.3) is 0 Å². The van der Waals surface area contributed by atoms with Gasteiger partial charge in [-0.15, -0.1) is 0 Å². The SMILES string of the molecule is [2H]c1c([2H])c([2H])c(-c2ccc3c4ccccc4n(-c4nc(-c5cc(-c6ccccc6)cc6oc7ccccc7c56)nc(-n5c6ccccc6c6ccccc65)n4)c3c2)c([2H])c1[2H]. The molecule has 0 aliphatic heterocycles. The van der Waals surface area contributed by atoms with Crippen molar-refractivity contribution in [2.24, 2.45) is 0 Å². The first-order valence-electron chi connectivity index (χ1n) is 21.2. The Morgan fingerprint density at radius 3 is 1.63 bits per heavy atom. The van der Waals surface area contributed by atoms with Crippen LogP contribution in [0.2, 0.25) is 0 Å². The number of hydrogen-bond acceptors (Lipinski definition) is 4. The van der Waals surface area contributed by atoms with E-state index in [1.54, 1.807) is 0 Å². The van der Waals surface area contributed by atoms with Crippen molar-refractivity contribution in [3.8, 4) is 45.5 Å². The molecule has 4 aromatic heterocycles. The van der Waals surface area contributed by atoms with Crippen LogP contribution in [0.1, 0.15) is 6.85 Å². The summed E-state index contributed by atoms with van der Waals surface area (Å²) in [4.78, 5) is 16.1. The topological polar surface area (TPSA) is 61.7 Å². The molecule has 12 rings (SSSR count). The van der Waals surface area contributed by atoms with Gasteiger partial charge in [0.2, 0.25) is 11.9 Å². The fourth-order valence-corrected chi connectivity index (χ4v) is 8.38. The molecule has 6 heteroatoms. The lowest BCUT2D eigenvalue weighted by molar-refractivity contribution is 0.669. The molecular weight excluding hydrogens is 699 g/mol. The number of hydrogen-bond donors (Lipinski definition) is 0. The van der Waals surface area contributed by atoms with Gasteiger partial charge >= 0.3 is 0 Å². The third-order valence-corrected chi connectivity index (χ3v) is 10.9. The molecule has 0 saturated heterocycles. The van der Waals surface area contributed by atoms with Crippen LogP contribution in [-0.4, -0.2) is 24.1 Å². The smallest absolute Gasteiger partial charge is 0.240 e. The average molecular weight is 735 g/mol. The van der Waals surface area contributed by atoms with E-state index in [9.17, 15) is 0 Å². The Bertz CT molecular complexity index is 3750. The minimum Gasteiger partial charge on any atom is -0.456 e. The first-order chi connectivity index (χ1) is 30.3. The van der Waals surface area contributed by atoms with Gasteiger partial charge in [-0.3, -0.25) is 9.13 Å². The van der Waals surface area contributed by atoms with Crippen LogP contribution in [0, 0.1) is 0 Å². The van der Waals surface area contributed by atoms with Gasteiger partial charge in [-0.05, 0) is 64.7 Å². The molecule has 0 saturated carbocycles. The zero-order valence-electron chi connectivity index (χ0n) is 35.2. The molecular formula is C51H31N5O. The van der Waals surface area contributed by atoms with Gasteiger partial charge in [0.15, 0.2) is 5.82 Å². The van der Waals surface area contributed by atoms with E-state index in [4.69, 9.17) is 26.2 Å². The molecule has 0 N–H and O–H groups in total. The Morgan fingerprint density at radius 2 is 0.965 bits per heavy atom. The summed E-state index contributed by atoms with van der Waals surface area (Å²) >= 11 is 0. The van der Waals surface area contributed by atoms with E-state index in [0.717, 1.165) is 71.1 Å². The van der Waals surface area contributed by atoms with Crippen molar-refractivity contribution >= 4 is 65.6 Å². The summed E-state index contributed by atoms with van der Waals surface area (Å²) in [6, 6.07) is 50.6. The summed E-state index contributed by atoms with van der Waals surface area (Å²) < 4.78 is 53.4. The molecule has 6 nitrogen and oxygen atoms in total. The fourth-order valence-electron chi connectivity index (χ4n) is 8.38. The second kappa shape index (κ2) is 12.3. The third-order valence-electron chi connectivity index (χ3n) is 10.9. The molecule has 0 aliphatic carbocycles. The number of para-hydroxylation sites is 4. The lowest BCUT2D eigenvalue weighted by atomic mass is 9.98. The Balaban J connectivity index is 1.22. The normalized spacial score (nSPS) is 13.1. The van der Waals surface area contributed by atoms with Gasteiger partial charge in [0.05, 0.1) is 28.9 Å². The van der Waals surface area contributed by atoms with Crippen molar-refractivity contribution in [2.75, 3.05) is 0 Å². The molecule has 0 atom stereocenters. The number of rotatable bonds is 5. The van der Waals surface area contributed by atoms with Gasteiger partial charge < -0.3 is 4.42 Å². The van der Waals surface area contributed by atoms with Crippen LogP contribution in [0.25, 0.3) is 111 Å². The van der Waals surface area contributed by atoms with Gasteiger partial charge in [0.1, 0.15) is 11.2 Å². The van der Waals surface area contributed by atoms with E-state index in [1.807, 2.05) is 108 Å². The van der Waals surface area contributed by atoms with Crippen LogP contribution in [0.5, 0.6) is 0 Å². The van der Waals surface area contributed by atoms with Gasteiger partial charge in [0, 0.05) is 37.9 Å². The van der Waals surface area contributed by atoms with E-state index in [2.05, 4.69) is 59.2 Å². The minimum atomic E-state index is -0.440. The van der Waals surface area contributed by atoms with Crippen molar-refractivity contribution < 1.29 is 11.3 Å². The molecule has 8 aromatic carbocycles. The van der Waals surface area contributed by atoms with Crippen molar-refractivity contribution in [3.63, 3.8) is 0 Å². The first kappa shape index (κ1) is 26.9. The maximum Gasteiger partial charge on any atom is 0.240 e. The highest BCUT2D eigenvalue weighted by molar-refractivity contribution is 6.14. The average Bonchev–Trinajstić information content (AvgIpc) is 3.98. The first-order valence-corrected chi connectivity index (χ1v) is 18.7. The zero-order valence-corrected chi connectivity index (χ0v) is 30.2. The van der Waals surface area contributed by atoms with E-state index in [0.29, 0.717) is 34.4 Å². The largest absolute Gasteiger partial charge is 0.456 e. The van der Waals surface area contributed by atoms with Crippen LogP contribution in [0.15, 0.2) is 192 Å². The maximum absolute atomic E-state index is 8.84. The van der Waals surface area contributed by atoms with Crippen molar-refractivity contribution in [2.45, 2.75) is 0 Å². The Morgan fingerprint density at radius 1 is 0.404 bits per heavy atom. The quantitative estimate of drug-likeness (QED) is 0.177. The monoisotopic (exact) mass is 734 g/mol. The highest BCUT2D eigenvalue weighted by Crippen LogP contribution is 2.41. The summed E-state index contributed by atoms with van der Waals surface area (Å²) in [5, 5.41) is 5.73. The number of furan rings is 1. The number of nitrogens with zero attached hydrogens (tertiary/aromatic N) is 5. The van der Waals surface area contributed by atoms with Crippen molar-refractivity contribution in [1.29, 1.82) is 0 Å². The van der Waals surface area contributed by atoms with E-state index < -0.39 is 18.1 Å². The molecule has 0 radical (unpaired) electrons. The molecule has 57 heavy (non-hydrogen) atoms. The van der Waals surface area contributed by atoms with Gasteiger partial charge in [-0.25, -0.2) is 0 Å². The van der Waals surface area contributed by atoms with Crippen molar-refractivity contribution in [3.05, 3.63) is 188 Å². The molecule has 0 spiro atoms. The van der Waals surface area contributed by atoms with E-state index in [-0.39, 0.29) is 17.6 Å². The predicted molar refractivity (Wildman–Crippen MR) is 232 cm³/mol. The molecule has 0 unspecified atom stereocenters. The summed E-state index contributed by atoms with van der Waals surface area (Å²) in [6.07, 6.45) is 0. The number of aromatic nitrogens is 5. The third kappa shape index (κ3) is 4.87. The fraction of sp³-hybridized carbons (Fsp3) is 0. The Labute approximate surface area is 333 Å². The summed E-state index contributed by atoms with van der Waals surface area (Å²) in [7, 11) is 0. The van der Waals surface area contributed by atoms with E-state index >= 15 is 0 Å². The lowest BCUT2D eigenvalue weighted by Gasteiger charge is -2.14. The number of benzene rings is 8. The summed E-state index contributed by atoms with van der Waals surface area (Å²) in [5.41, 5.74) is 8.11. The van der Waals surface area contributed by atoms with Gasteiger partial charge in [-0.2, -0.15) is 15.0 Å².